The number of ether oxygens (including phenoxy) is 1. The number of carbonyl (C=O) groups is 1. The summed E-state index contributed by atoms with van der Waals surface area (Å²) >= 11 is 3.35. The van der Waals surface area contributed by atoms with Gasteiger partial charge in [0.1, 0.15) is 17.9 Å². The molecule has 0 fully saturated rings. The first-order valence-corrected chi connectivity index (χ1v) is 7.04. The zero-order valence-corrected chi connectivity index (χ0v) is 12.4. The van der Waals surface area contributed by atoms with Gasteiger partial charge in [0, 0.05) is 10.0 Å². The molecule has 0 aromatic heterocycles. The molecule has 21 heavy (non-hydrogen) atoms. The summed E-state index contributed by atoms with van der Waals surface area (Å²) in [5, 5.41) is 19.4. The van der Waals surface area contributed by atoms with Crippen molar-refractivity contribution in [2.45, 2.75) is 0 Å². The van der Waals surface area contributed by atoms with Crippen molar-refractivity contribution in [3.63, 3.8) is 0 Å². The van der Waals surface area contributed by atoms with Crippen LogP contribution in [0, 0.1) is 0 Å². The molecule has 0 spiro atoms. The summed E-state index contributed by atoms with van der Waals surface area (Å²) in [6.07, 6.45) is 1.71. The van der Waals surface area contributed by atoms with Crippen LogP contribution >= 0.6 is 15.9 Å². The fraction of sp³-hybridized carbons (Fsp3) is 0.0625. The largest absolute Gasteiger partial charge is 0.504 e. The summed E-state index contributed by atoms with van der Waals surface area (Å²) in [5.74, 6) is -0.842. The highest BCUT2D eigenvalue weighted by Gasteiger charge is 2.28. The van der Waals surface area contributed by atoms with Gasteiger partial charge in [0.25, 0.3) is 0 Å². The van der Waals surface area contributed by atoms with E-state index in [4.69, 9.17) is 4.74 Å². The van der Waals surface area contributed by atoms with E-state index in [1.165, 1.54) is 12.1 Å². The molecule has 1 aliphatic heterocycles. The van der Waals surface area contributed by atoms with Crippen molar-refractivity contribution in [1.29, 1.82) is 0 Å². The van der Waals surface area contributed by atoms with E-state index in [-0.39, 0.29) is 29.5 Å². The van der Waals surface area contributed by atoms with E-state index in [9.17, 15) is 15.0 Å². The third-order valence-electron chi connectivity index (χ3n) is 3.23. The Morgan fingerprint density at radius 1 is 1.10 bits per heavy atom. The molecule has 2 aromatic rings. The van der Waals surface area contributed by atoms with Crippen LogP contribution in [0.25, 0.3) is 6.08 Å². The van der Waals surface area contributed by atoms with Crippen LogP contribution in [0.2, 0.25) is 0 Å². The Labute approximate surface area is 129 Å². The third-order valence-corrected chi connectivity index (χ3v) is 3.76. The Hall–Kier alpha value is -2.27. The maximum Gasteiger partial charge on any atom is 0.200 e. The van der Waals surface area contributed by atoms with Crippen LogP contribution in [0.3, 0.4) is 0 Å². The number of halogens is 1. The van der Waals surface area contributed by atoms with Gasteiger partial charge in [-0.15, -0.1) is 0 Å². The summed E-state index contributed by atoms with van der Waals surface area (Å²) in [7, 11) is 0. The van der Waals surface area contributed by atoms with E-state index < -0.39 is 5.75 Å². The van der Waals surface area contributed by atoms with Crippen LogP contribution in [0.4, 0.5) is 0 Å². The van der Waals surface area contributed by atoms with Gasteiger partial charge in [-0.25, -0.2) is 0 Å². The number of phenols is 2. The molecule has 0 radical (unpaired) electrons. The Morgan fingerprint density at radius 3 is 2.52 bits per heavy atom. The molecule has 0 saturated heterocycles. The van der Waals surface area contributed by atoms with Crippen LogP contribution in [0.5, 0.6) is 17.2 Å². The third kappa shape index (κ3) is 2.52. The number of phenolic OH excluding ortho intramolecular Hbond substituents is 2. The quantitative estimate of drug-likeness (QED) is 0.612. The SMILES string of the molecule is O=C1/C(=C/c2ccc(Br)cc2)COc2ccc(O)c(O)c21. The normalized spacial score (nSPS) is 15.7. The van der Waals surface area contributed by atoms with Crippen molar-refractivity contribution in [2.75, 3.05) is 6.61 Å². The van der Waals surface area contributed by atoms with Crippen molar-refractivity contribution in [2.24, 2.45) is 0 Å². The molecule has 0 saturated carbocycles. The molecular formula is C16H11BrO4. The standard InChI is InChI=1S/C16H11BrO4/c17-11-3-1-9(2-4-11)7-10-8-21-13-6-5-12(18)16(20)14(13)15(10)19/h1-7,18,20H,8H2/b10-7+. The molecule has 2 aromatic carbocycles. The van der Waals surface area contributed by atoms with Gasteiger partial charge in [-0.1, -0.05) is 28.1 Å². The van der Waals surface area contributed by atoms with E-state index in [1.54, 1.807) is 6.08 Å². The van der Waals surface area contributed by atoms with Crippen molar-refractivity contribution >= 4 is 27.8 Å². The number of carbonyl (C=O) groups excluding carboxylic acids is 1. The van der Waals surface area contributed by atoms with Gasteiger partial charge in [0.05, 0.1) is 0 Å². The predicted molar refractivity (Wildman–Crippen MR) is 81.7 cm³/mol. The Bertz CT molecular complexity index is 748. The summed E-state index contributed by atoms with van der Waals surface area (Å²) in [6, 6.07) is 10.2. The predicted octanol–water partition coefficient (Wildman–Crippen LogP) is 3.52. The first kappa shape index (κ1) is 13.7. The minimum Gasteiger partial charge on any atom is -0.504 e. The smallest absolute Gasteiger partial charge is 0.200 e. The van der Waals surface area contributed by atoms with Crippen LogP contribution in [0.1, 0.15) is 15.9 Å². The Balaban J connectivity index is 2.02. The molecule has 4 nitrogen and oxygen atoms in total. The summed E-state index contributed by atoms with van der Waals surface area (Å²) < 4.78 is 6.42. The number of hydrogen-bond donors (Lipinski definition) is 2. The number of fused-ring (bicyclic) bond motifs is 1. The van der Waals surface area contributed by atoms with Gasteiger partial charge in [-0.3, -0.25) is 4.79 Å². The van der Waals surface area contributed by atoms with Crippen LogP contribution in [-0.4, -0.2) is 22.6 Å². The second-order valence-electron chi connectivity index (χ2n) is 4.65. The fourth-order valence-electron chi connectivity index (χ4n) is 2.15. The molecule has 0 bridgehead atoms. The van der Waals surface area contributed by atoms with E-state index in [2.05, 4.69) is 15.9 Å². The zero-order chi connectivity index (χ0) is 15.0. The highest BCUT2D eigenvalue weighted by molar-refractivity contribution is 9.10. The molecule has 3 rings (SSSR count). The van der Waals surface area contributed by atoms with Crippen LogP contribution < -0.4 is 4.74 Å². The highest BCUT2D eigenvalue weighted by Crippen LogP contribution is 2.39. The number of hydrogen-bond acceptors (Lipinski definition) is 4. The van der Waals surface area contributed by atoms with Crippen molar-refractivity contribution in [3.05, 3.63) is 57.6 Å². The molecule has 0 aliphatic carbocycles. The number of rotatable bonds is 1. The second-order valence-corrected chi connectivity index (χ2v) is 5.56. The average Bonchev–Trinajstić information content (AvgIpc) is 2.48. The monoisotopic (exact) mass is 346 g/mol. The molecule has 0 atom stereocenters. The van der Waals surface area contributed by atoms with Gasteiger partial charge in [0.15, 0.2) is 17.3 Å². The molecule has 106 valence electrons. The molecule has 2 N–H and O–H groups in total. The van der Waals surface area contributed by atoms with Crippen molar-refractivity contribution in [3.8, 4) is 17.2 Å². The van der Waals surface area contributed by atoms with Crippen LogP contribution in [0.15, 0.2) is 46.4 Å². The van der Waals surface area contributed by atoms with E-state index in [0.717, 1.165) is 10.0 Å². The van der Waals surface area contributed by atoms with Gasteiger partial charge in [0.2, 0.25) is 0 Å². The van der Waals surface area contributed by atoms with E-state index in [0.29, 0.717) is 5.57 Å². The lowest BCUT2D eigenvalue weighted by atomic mass is 9.97. The lowest BCUT2D eigenvalue weighted by molar-refractivity contribution is 0.0996. The van der Waals surface area contributed by atoms with Crippen molar-refractivity contribution in [1.82, 2.24) is 0 Å². The Morgan fingerprint density at radius 2 is 1.81 bits per heavy atom. The molecule has 0 unspecified atom stereocenters. The molecule has 1 heterocycles. The average molecular weight is 347 g/mol. The number of Topliss-reactive ketones (excluding diaryl/α,β-unsaturated/α-hetero) is 1. The molecule has 1 aliphatic rings. The summed E-state index contributed by atoms with van der Waals surface area (Å²) in [4.78, 5) is 12.4. The molecule has 0 amide bonds. The van der Waals surface area contributed by atoms with E-state index in [1.807, 2.05) is 24.3 Å². The summed E-state index contributed by atoms with van der Waals surface area (Å²) in [5.41, 5.74) is 1.28. The van der Waals surface area contributed by atoms with Gasteiger partial charge >= 0.3 is 0 Å². The van der Waals surface area contributed by atoms with Crippen molar-refractivity contribution < 1.29 is 19.7 Å². The zero-order valence-electron chi connectivity index (χ0n) is 10.8. The summed E-state index contributed by atoms with van der Waals surface area (Å²) in [6.45, 7) is 0.131. The minimum atomic E-state index is -0.445. The number of benzene rings is 2. The maximum absolute atomic E-state index is 12.4. The fourth-order valence-corrected chi connectivity index (χ4v) is 2.41. The molecular weight excluding hydrogens is 336 g/mol. The van der Waals surface area contributed by atoms with Gasteiger partial charge in [-0.05, 0) is 35.9 Å². The maximum atomic E-state index is 12.4. The van der Waals surface area contributed by atoms with E-state index >= 15 is 0 Å². The number of aromatic hydroxyl groups is 2. The topological polar surface area (TPSA) is 66.8 Å². The van der Waals surface area contributed by atoms with Gasteiger partial charge < -0.3 is 14.9 Å². The first-order chi connectivity index (χ1) is 10.1. The molecule has 5 heteroatoms. The lowest BCUT2D eigenvalue weighted by Gasteiger charge is -2.20. The lowest BCUT2D eigenvalue weighted by Crippen LogP contribution is -2.19. The van der Waals surface area contributed by atoms with Gasteiger partial charge in [-0.2, -0.15) is 0 Å². The Kier molecular flexibility index (Phi) is 3.43. The second kappa shape index (κ2) is 5.26. The minimum absolute atomic E-state index is 0.00427. The van der Waals surface area contributed by atoms with Crippen LogP contribution in [-0.2, 0) is 0 Å². The first-order valence-electron chi connectivity index (χ1n) is 6.25. The number of ketones is 1. The highest BCUT2D eigenvalue weighted by atomic mass is 79.9.